The van der Waals surface area contributed by atoms with Crippen molar-refractivity contribution >= 4 is 6.03 Å². The molecule has 2 heterocycles. The van der Waals surface area contributed by atoms with Crippen molar-refractivity contribution in [1.29, 1.82) is 0 Å². The standard InChI is InChI=1S/C23H29N3O3/c1-17(14-18-2-5-21(27)6-3-18)24-23(28)26-11-9-25(10-12-26)16-19-4-7-22-20(15-19)8-13-29-22/h2-7,15,17,27H,8-14,16H2,1H3,(H,24,28). The normalized spacial score (nSPS) is 17.5. The smallest absolute Gasteiger partial charge is 0.317 e. The molecule has 0 radical (unpaired) electrons. The summed E-state index contributed by atoms with van der Waals surface area (Å²) in [5.41, 5.74) is 3.72. The van der Waals surface area contributed by atoms with E-state index in [2.05, 4.69) is 28.4 Å². The van der Waals surface area contributed by atoms with Crippen LogP contribution in [0, 0.1) is 0 Å². The maximum Gasteiger partial charge on any atom is 0.317 e. The molecule has 2 amide bonds. The number of benzene rings is 2. The van der Waals surface area contributed by atoms with E-state index in [1.807, 2.05) is 24.0 Å². The van der Waals surface area contributed by atoms with Gasteiger partial charge in [0.2, 0.25) is 0 Å². The van der Waals surface area contributed by atoms with Gasteiger partial charge in [-0.2, -0.15) is 0 Å². The lowest BCUT2D eigenvalue weighted by atomic mass is 10.1. The number of rotatable bonds is 5. The number of hydrogen-bond donors (Lipinski definition) is 2. The molecule has 2 aliphatic rings. The molecule has 2 aromatic carbocycles. The van der Waals surface area contributed by atoms with Crippen LogP contribution in [0.3, 0.4) is 0 Å². The molecule has 1 saturated heterocycles. The maximum atomic E-state index is 12.6. The Morgan fingerprint density at radius 2 is 1.83 bits per heavy atom. The zero-order valence-electron chi connectivity index (χ0n) is 16.9. The summed E-state index contributed by atoms with van der Waals surface area (Å²) < 4.78 is 5.58. The van der Waals surface area contributed by atoms with Crippen LogP contribution in [-0.2, 0) is 19.4 Å². The molecule has 1 atom stereocenters. The van der Waals surface area contributed by atoms with Gasteiger partial charge < -0.3 is 20.1 Å². The van der Waals surface area contributed by atoms with Crippen molar-refractivity contribution < 1.29 is 14.6 Å². The van der Waals surface area contributed by atoms with E-state index in [0.29, 0.717) is 0 Å². The second-order valence-corrected chi connectivity index (χ2v) is 8.02. The molecule has 0 aliphatic carbocycles. The average Bonchev–Trinajstić information content (AvgIpc) is 3.18. The van der Waals surface area contributed by atoms with Gasteiger partial charge >= 0.3 is 6.03 Å². The topological polar surface area (TPSA) is 65.0 Å². The molecule has 0 aromatic heterocycles. The van der Waals surface area contributed by atoms with Crippen molar-refractivity contribution in [3.05, 3.63) is 59.2 Å². The van der Waals surface area contributed by atoms with Gasteiger partial charge in [-0.05, 0) is 48.2 Å². The van der Waals surface area contributed by atoms with E-state index in [9.17, 15) is 9.90 Å². The number of piperazine rings is 1. The summed E-state index contributed by atoms with van der Waals surface area (Å²) in [6, 6.07) is 13.7. The van der Waals surface area contributed by atoms with Gasteiger partial charge in [0.25, 0.3) is 0 Å². The van der Waals surface area contributed by atoms with Crippen LogP contribution in [0.1, 0.15) is 23.6 Å². The third kappa shape index (κ3) is 5.01. The predicted octanol–water partition coefficient (Wildman–Crippen LogP) is 2.79. The Labute approximate surface area is 172 Å². The summed E-state index contributed by atoms with van der Waals surface area (Å²) in [5, 5.41) is 12.5. The molecule has 29 heavy (non-hydrogen) atoms. The second-order valence-electron chi connectivity index (χ2n) is 8.02. The Kier molecular flexibility index (Phi) is 5.90. The van der Waals surface area contributed by atoms with Gasteiger partial charge in [0.05, 0.1) is 6.61 Å². The van der Waals surface area contributed by atoms with E-state index in [0.717, 1.165) is 63.5 Å². The first kappa shape index (κ1) is 19.6. The van der Waals surface area contributed by atoms with Crippen molar-refractivity contribution in [2.24, 2.45) is 0 Å². The number of nitrogens with one attached hydrogen (secondary N) is 1. The quantitative estimate of drug-likeness (QED) is 0.817. The van der Waals surface area contributed by atoms with E-state index in [1.54, 1.807) is 12.1 Å². The van der Waals surface area contributed by atoms with Gasteiger partial charge in [0.1, 0.15) is 11.5 Å². The maximum absolute atomic E-state index is 12.6. The van der Waals surface area contributed by atoms with E-state index in [1.165, 1.54) is 11.1 Å². The number of phenolic OH excluding ortho intramolecular Hbond substituents is 1. The van der Waals surface area contributed by atoms with Gasteiger partial charge in [-0.3, -0.25) is 4.90 Å². The highest BCUT2D eigenvalue weighted by Gasteiger charge is 2.22. The molecular weight excluding hydrogens is 366 g/mol. The second kappa shape index (κ2) is 8.74. The van der Waals surface area contributed by atoms with Gasteiger partial charge in [-0.1, -0.05) is 24.3 Å². The molecule has 1 fully saturated rings. The number of amides is 2. The molecule has 2 N–H and O–H groups in total. The van der Waals surface area contributed by atoms with Crippen molar-refractivity contribution in [2.75, 3.05) is 32.8 Å². The number of carbonyl (C=O) groups is 1. The van der Waals surface area contributed by atoms with E-state index >= 15 is 0 Å². The van der Waals surface area contributed by atoms with Crippen LogP contribution in [0.5, 0.6) is 11.5 Å². The van der Waals surface area contributed by atoms with Crippen molar-refractivity contribution in [2.45, 2.75) is 32.4 Å². The lowest BCUT2D eigenvalue weighted by Gasteiger charge is -2.35. The molecule has 0 saturated carbocycles. The fourth-order valence-corrected chi connectivity index (χ4v) is 4.04. The third-order valence-electron chi connectivity index (χ3n) is 5.67. The highest BCUT2D eigenvalue weighted by Crippen LogP contribution is 2.26. The van der Waals surface area contributed by atoms with E-state index in [4.69, 9.17) is 4.74 Å². The van der Waals surface area contributed by atoms with Crippen LogP contribution < -0.4 is 10.1 Å². The number of hydrogen-bond acceptors (Lipinski definition) is 4. The first-order chi connectivity index (χ1) is 14.1. The first-order valence-electron chi connectivity index (χ1n) is 10.4. The summed E-state index contributed by atoms with van der Waals surface area (Å²) >= 11 is 0. The lowest BCUT2D eigenvalue weighted by molar-refractivity contribution is 0.133. The molecular formula is C23H29N3O3. The number of phenols is 1. The molecule has 2 aliphatic heterocycles. The van der Waals surface area contributed by atoms with Crippen molar-refractivity contribution in [3.8, 4) is 11.5 Å². The number of aromatic hydroxyl groups is 1. The van der Waals surface area contributed by atoms with Crippen LogP contribution in [0.25, 0.3) is 0 Å². The Morgan fingerprint density at radius 3 is 2.59 bits per heavy atom. The molecule has 6 heteroatoms. The number of urea groups is 1. The minimum Gasteiger partial charge on any atom is -0.508 e. The Balaban J connectivity index is 1.22. The number of fused-ring (bicyclic) bond motifs is 1. The molecule has 0 bridgehead atoms. The Morgan fingerprint density at radius 1 is 1.10 bits per heavy atom. The molecule has 6 nitrogen and oxygen atoms in total. The highest BCUT2D eigenvalue weighted by atomic mass is 16.5. The largest absolute Gasteiger partial charge is 0.508 e. The van der Waals surface area contributed by atoms with Gasteiger partial charge in [-0.15, -0.1) is 0 Å². The van der Waals surface area contributed by atoms with Crippen molar-refractivity contribution in [3.63, 3.8) is 0 Å². The summed E-state index contributed by atoms with van der Waals surface area (Å²) in [5.74, 6) is 1.29. The fourth-order valence-electron chi connectivity index (χ4n) is 4.04. The zero-order chi connectivity index (χ0) is 20.2. The molecule has 0 spiro atoms. The van der Waals surface area contributed by atoms with Crippen molar-refractivity contribution in [1.82, 2.24) is 15.1 Å². The predicted molar refractivity (Wildman–Crippen MR) is 112 cm³/mol. The summed E-state index contributed by atoms with van der Waals surface area (Å²) in [6.45, 7) is 6.97. The van der Waals surface area contributed by atoms with Crippen LogP contribution in [0.15, 0.2) is 42.5 Å². The van der Waals surface area contributed by atoms with Gasteiger partial charge in [0.15, 0.2) is 0 Å². The van der Waals surface area contributed by atoms with Crippen LogP contribution in [-0.4, -0.2) is 59.8 Å². The Bertz CT molecular complexity index is 845. The lowest BCUT2D eigenvalue weighted by Crippen LogP contribution is -2.53. The SMILES string of the molecule is CC(Cc1ccc(O)cc1)NC(=O)N1CCN(Cc2ccc3c(c2)CCO3)CC1. The molecule has 4 rings (SSSR count). The fraction of sp³-hybridized carbons (Fsp3) is 0.435. The minimum atomic E-state index is 0.00519. The van der Waals surface area contributed by atoms with Crippen LogP contribution in [0.4, 0.5) is 4.79 Å². The monoisotopic (exact) mass is 395 g/mol. The van der Waals surface area contributed by atoms with Crippen LogP contribution >= 0.6 is 0 Å². The first-order valence-corrected chi connectivity index (χ1v) is 10.4. The third-order valence-corrected chi connectivity index (χ3v) is 5.67. The minimum absolute atomic E-state index is 0.00519. The summed E-state index contributed by atoms with van der Waals surface area (Å²) in [6.07, 6.45) is 1.74. The molecule has 2 aromatic rings. The molecule has 154 valence electrons. The van der Waals surface area contributed by atoms with Gasteiger partial charge in [0, 0.05) is 45.2 Å². The van der Waals surface area contributed by atoms with E-state index < -0.39 is 0 Å². The highest BCUT2D eigenvalue weighted by molar-refractivity contribution is 5.74. The zero-order valence-corrected chi connectivity index (χ0v) is 16.9. The molecule has 1 unspecified atom stereocenters. The number of carbonyl (C=O) groups excluding carboxylic acids is 1. The van der Waals surface area contributed by atoms with Crippen LogP contribution in [0.2, 0.25) is 0 Å². The summed E-state index contributed by atoms with van der Waals surface area (Å²) in [4.78, 5) is 16.9. The Hall–Kier alpha value is -2.73. The number of ether oxygens (including phenoxy) is 1. The summed E-state index contributed by atoms with van der Waals surface area (Å²) in [7, 11) is 0. The number of nitrogens with zero attached hydrogens (tertiary/aromatic N) is 2. The van der Waals surface area contributed by atoms with Gasteiger partial charge in [-0.25, -0.2) is 4.79 Å². The average molecular weight is 396 g/mol. The van der Waals surface area contributed by atoms with E-state index in [-0.39, 0.29) is 17.8 Å².